The van der Waals surface area contributed by atoms with Gasteiger partial charge in [-0.25, -0.2) is 4.79 Å². The number of aryl methyl sites for hydroxylation is 2. The summed E-state index contributed by atoms with van der Waals surface area (Å²) in [5, 5.41) is 9.96. The van der Waals surface area contributed by atoms with Crippen molar-refractivity contribution in [2.24, 2.45) is 0 Å². The lowest BCUT2D eigenvalue weighted by molar-refractivity contribution is -0.131. The molecule has 92 valence electrons. The van der Waals surface area contributed by atoms with Crippen molar-refractivity contribution in [2.75, 3.05) is 0 Å². The molecule has 3 heteroatoms. The van der Waals surface area contributed by atoms with Gasteiger partial charge in [-0.2, -0.15) is 0 Å². The van der Waals surface area contributed by atoms with Crippen LogP contribution in [0.2, 0.25) is 0 Å². The molecule has 2 N–H and O–H groups in total. The minimum Gasteiger partial charge on any atom is -0.478 e. The molecule has 1 aliphatic rings. The van der Waals surface area contributed by atoms with Gasteiger partial charge < -0.3 is 10.1 Å². The number of hydrogen-bond acceptors (Lipinski definition) is 1. The summed E-state index contributed by atoms with van der Waals surface area (Å²) in [6.07, 6.45) is 7.56. The van der Waals surface area contributed by atoms with E-state index >= 15 is 0 Å². The largest absolute Gasteiger partial charge is 0.478 e. The van der Waals surface area contributed by atoms with E-state index in [1.165, 1.54) is 35.6 Å². The van der Waals surface area contributed by atoms with Crippen LogP contribution in [0.1, 0.15) is 29.7 Å². The molecule has 0 atom stereocenters. The van der Waals surface area contributed by atoms with Crippen molar-refractivity contribution < 1.29 is 9.90 Å². The van der Waals surface area contributed by atoms with Crippen molar-refractivity contribution in [2.45, 2.75) is 25.7 Å². The molecule has 1 aromatic heterocycles. The molecule has 0 bridgehead atoms. The summed E-state index contributed by atoms with van der Waals surface area (Å²) in [5.41, 5.74) is 4.76. The summed E-state index contributed by atoms with van der Waals surface area (Å²) in [5.74, 6) is -0.914. The zero-order chi connectivity index (χ0) is 12.5. The van der Waals surface area contributed by atoms with Crippen molar-refractivity contribution in [1.29, 1.82) is 0 Å². The van der Waals surface area contributed by atoms with Gasteiger partial charge in [-0.3, -0.25) is 0 Å². The Morgan fingerprint density at radius 2 is 2.11 bits per heavy atom. The van der Waals surface area contributed by atoms with Gasteiger partial charge in [-0.15, -0.1) is 0 Å². The molecular formula is C15H15NO2. The van der Waals surface area contributed by atoms with Gasteiger partial charge in [-0.1, -0.05) is 18.2 Å². The fourth-order valence-corrected chi connectivity index (χ4v) is 2.75. The molecule has 0 unspecified atom stereocenters. The predicted molar refractivity (Wildman–Crippen MR) is 71.6 cm³/mol. The number of benzene rings is 1. The number of aromatic nitrogens is 1. The second kappa shape index (κ2) is 4.33. The molecule has 1 heterocycles. The molecule has 0 fully saturated rings. The minimum absolute atomic E-state index is 0.914. The number of aromatic amines is 1. The van der Waals surface area contributed by atoms with Crippen LogP contribution in [0.4, 0.5) is 0 Å². The monoisotopic (exact) mass is 241 g/mol. The van der Waals surface area contributed by atoms with Gasteiger partial charge in [0.1, 0.15) is 0 Å². The first-order valence-electron chi connectivity index (χ1n) is 6.29. The molecular weight excluding hydrogens is 226 g/mol. The first-order valence-corrected chi connectivity index (χ1v) is 6.29. The highest BCUT2D eigenvalue weighted by atomic mass is 16.4. The lowest BCUT2D eigenvalue weighted by Crippen LogP contribution is -1.99. The lowest BCUT2D eigenvalue weighted by Gasteiger charge is -2.10. The van der Waals surface area contributed by atoms with E-state index < -0.39 is 5.97 Å². The van der Waals surface area contributed by atoms with Gasteiger partial charge in [0.25, 0.3) is 0 Å². The zero-order valence-electron chi connectivity index (χ0n) is 10.1. The Bertz CT molecular complexity index is 637. The number of fused-ring (bicyclic) bond motifs is 3. The third-order valence-corrected chi connectivity index (χ3v) is 3.57. The Hall–Kier alpha value is -2.03. The third-order valence-electron chi connectivity index (χ3n) is 3.57. The maximum absolute atomic E-state index is 10.6. The molecule has 3 nitrogen and oxygen atoms in total. The maximum atomic E-state index is 10.6. The molecule has 0 saturated heterocycles. The third kappa shape index (κ3) is 1.82. The van der Waals surface area contributed by atoms with E-state index in [0.717, 1.165) is 23.9 Å². The van der Waals surface area contributed by atoms with E-state index in [2.05, 4.69) is 11.1 Å². The standard InChI is InChI=1S/C15H15NO2/c17-14(18)9-8-10-4-3-6-12-11-5-1-2-7-13(11)16-15(10)12/h3-4,6,8-9,16H,1-2,5,7H2,(H,17,18)/b9-8+. The number of carboxylic acid groups (broad SMARTS) is 1. The Kier molecular flexibility index (Phi) is 2.67. The average molecular weight is 241 g/mol. The summed E-state index contributed by atoms with van der Waals surface area (Å²) >= 11 is 0. The molecule has 1 aromatic carbocycles. The van der Waals surface area contributed by atoms with Crippen molar-refractivity contribution >= 4 is 22.9 Å². The van der Waals surface area contributed by atoms with Gasteiger partial charge in [0.05, 0.1) is 5.52 Å². The second-order valence-corrected chi connectivity index (χ2v) is 4.73. The summed E-state index contributed by atoms with van der Waals surface area (Å²) in [6, 6.07) is 6.06. The van der Waals surface area contributed by atoms with E-state index in [9.17, 15) is 4.79 Å². The number of aliphatic carboxylic acids is 1. The van der Waals surface area contributed by atoms with E-state index in [1.54, 1.807) is 6.08 Å². The Labute approximate surface area is 105 Å². The number of rotatable bonds is 2. The molecule has 18 heavy (non-hydrogen) atoms. The summed E-state index contributed by atoms with van der Waals surface area (Å²) < 4.78 is 0. The number of nitrogens with one attached hydrogen (secondary N) is 1. The van der Waals surface area contributed by atoms with Gasteiger partial charge in [0.2, 0.25) is 0 Å². The number of carboxylic acids is 1. The topological polar surface area (TPSA) is 53.1 Å². The molecule has 2 aromatic rings. The molecule has 0 aliphatic heterocycles. The van der Waals surface area contributed by atoms with E-state index in [0.29, 0.717) is 0 Å². The summed E-state index contributed by atoms with van der Waals surface area (Å²) in [4.78, 5) is 14.1. The number of hydrogen-bond donors (Lipinski definition) is 2. The number of H-pyrrole nitrogens is 1. The molecule has 1 aliphatic carbocycles. The van der Waals surface area contributed by atoms with Crippen LogP contribution in [0.15, 0.2) is 24.3 Å². The fraction of sp³-hybridized carbons (Fsp3) is 0.267. The fourth-order valence-electron chi connectivity index (χ4n) is 2.75. The summed E-state index contributed by atoms with van der Waals surface area (Å²) in [7, 11) is 0. The highest BCUT2D eigenvalue weighted by molar-refractivity contribution is 5.94. The van der Waals surface area contributed by atoms with Gasteiger partial charge in [0.15, 0.2) is 0 Å². The number of carbonyl (C=O) groups is 1. The Morgan fingerprint density at radius 1 is 1.28 bits per heavy atom. The van der Waals surface area contributed by atoms with Crippen LogP contribution < -0.4 is 0 Å². The first kappa shape index (κ1) is 11.1. The van der Waals surface area contributed by atoms with Crippen molar-refractivity contribution in [3.05, 3.63) is 41.1 Å². The number of para-hydroxylation sites is 1. The van der Waals surface area contributed by atoms with Crippen LogP contribution in [-0.2, 0) is 17.6 Å². The quantitative estimate of drug-likeness (QED) is 0.793. The Morgan fingerprint density at radius 3 is 2.94 bits per heavy atom. The van der Waals surface area contributed by atoms with Gasteiger partial charge >= 0.3 is 5.97 Å². The van der Waals surface area contributed by atoms with E-state index in [1.807, 2.05) is 12.1 Å². The second-order valence-electron chi connectivity index (χ2n) is 4.73. The van der Waals surface area contributed by atoms with Crippen molar-refractivity contribution in [3.8, 4) is 0 Å². The molecule has 3 rings (SSSR count). The SMILES string of the molecule is O=C(O)/C=C/c1cccc2c3c([nH]c12)CCCC3. The van der Waals surface area contributed by atoms with Gasteiger partial charge in [0, 0.05) is 17.2 Å². The first-order chi connectivity index (χ1) is 8.75. The average Bonchev–Trinajstić information content (AvgIpc) is 2.75. The van der Waals surface area contributed by atoms with Crippen LogP contribution in [0, 0.1) is 0 Å². The van der Waals surface area contributed by atoms with Crippen LogP contribution in [0.25, 0.3) is 17.0 Å². The Balaban J connectivity index is 2.16. The van der Waals surface area contributed by atoms with Crippen LogP contribution >= 0.6 is 0 Å². The van der Waals surface area contributed by atoms with E-state index in [4.69, 9.17) is 5.11 Å². The van der Waals surface area contributed by atoms with Gasteiger partial charge in [-0.05, 0) is 42.9 Å². The highest BCUT2D eigenvalue weighted by Gasteiger charge is 2.15. The van der Waals surface area contributed by atoms with E-state index in [-0.39, 0.29) is 0 Å². The van der Waals surface area contributed by atoms with Crippen molar-refractivity contribution in [3.63, 3.8) is 0 Å². The zero-order valence-corrected chi connectivity index (χ0v) is 10.1. The lowest BCUT2D eigenvalue weighted by atomic mass is 9.95. The predicted octanol–water partition coefficient (Wildman–Crippen LogP) is 3.14. The normalized spacial score (nSPS) is 15.1. The maximum Gasteiger partial charge on any atom is 0.328 e. The molecule has 0 radical (unpaired) electrons. The summed E-state index contributed by atoms with van der Waals surface area (Å²) in [6.45, 7) is 0. The molecule has 0 spiro atoms. The van der Waals surface area contributed by atoms with Crippen LogP contribution in [-0.4, -0.2) is 16.1 Å². The minimum atomic E-state index is -0.914. The smallest absolute Gasteiger partial charge is 0.328 e. The van der Waals surface area contributed by atoms with Crippen molar-refractivity contribution in [1.82, 2.24) is 4.98 Å². The van der Waals surface area contributed by atoms with Crippen LogP contribution in [0.3, 0.4) is 0 Å². The molecule has 0 saturated carbocycles. The molecule has 0 amide bonds. The highest BCUT2D eigenvalue weighted by Crippen LogP contribution is 2.31. The van der Waals surface area contributed by atoms with Crippen LogP contribution in [0.5, 0.6) is 0 Å².